The second-order valence-corrected chi connectivity index (χ2v) is 8.19. The molecule has 2 fully saturated rings. The van der Waals surface area contributed by atoms with Crippen LogP contribution in [0.15, 0.2) is 48.5 Å². The largest absolute Gasteiger partial charge is 0.497 e. The van der Waals surface area contributed by atoms with Crippen LogP contribution in [0.25, 0.3) is 0 Å². The minimum absolute atomic E-state index is 0.0485. The van der Waals surface area contributed by atoms with E-state index < -0.39 is 6.10 Å². The summed E-state index contributed by atoms with van der Waals surface area (Å²) in [5.74, 6) is 1.63. The third kappa shape index (κ3) is 5.54. The van der Waals surface area contributed by atoms with E-state index in [-0.39, 0.29) is 18.5 Å². The Bertz CT molecular complexity index is 767. The van der Waals surface area contributed by atoms with Crippen molar-refractivity contribution in [3.8, 4) is 11.5 Å². The molecule has 2 aromatic carbocycles. The molecule has 0 amide bonds. The molecule has 162 valence electrons. The van der Waals surface area contributed by atoms with E-state index in [0.29, 0.717) is 6.42 Å². The molecule has 2 aromatic rings. The number of benzene rings is 2. The molecule has 4 atom stereocenters. The number of methoxy groups -OCH3 is 1. The summed E-state index contributed by atoms with van der Waals surface area (Å²) in [6, 6.07) is 15.8. The highest BCUT2D eigenvalue weighted by atomic mass is 16.7. The summed E-state index contributed by atoms with van der Waals surface area (Å²) in [6.45, 7) is 0.764. The van der Waals surface area contributed by atoms with Gasteiger partial charge in [0, 0.05) is 12.8 Å². The Morgan fingerprint density at radius 2 is 1.70 bits per heavy atom. The second-order valence-electron chi connectivity index (χ2n) is 8.19. The lowest BCUT2D eigenvalue weighted by Gasteiger charge is -2.31. The summed E-state index contributed by atoms with van der Waals surface area (Å²) in [6.07, 6.45) is 6.27. The molecule has 1 N–H and O–H groups in total. The van der Waals surface area contributed by atoms with Crippen LogP contribution >= 0.6 is 0 Å². The molecular formula is C25H32O5. The van der Waals surface area contributed by atoms with Crippen molar-refractivity contribution in [2.75, 3.05) is 13.7 Å². The van der Waals surface area contributed by atoms with Gasteiger partial charge in [0.05, 0.1) is 32.0 Å². The molecule has 2 heterocycles. The van der Waals surface area contributed by atoms with Crippen LogP contribution in [0.4, 0.5) is 0 Å². The molecule has 2 aliphatic rings. The molecule has 2 saturated heterocycles. The third-order valence-electron chi connectivity index (χ3n) is 5.99. The van der Waals surface area contributed by atoms with Crippen molar-refractivity contribution in [2.45, 2.75) is 69.5 Å². The number of rotatable bonds is 7. The normalized spacial score (nSPS) is 25.5. The number of aliphatic hydroxyl groups is 1. The van der Waals surface area contributed by atoms with Gasteiger partial charge >= 0.3 is 0 Å². The van der Waals surface area contributed by atoms with E-state index in [0.717, 1.165) is 62.2 Å². The fourth-order valence-electron chi connectivity index (χ4n) is 4.25. The average molecular weight is 413 g/mol. The number of hydrogen-bond acceptors (Lipinski definition) is 5. The SMILES string of the molecule is COc1ccc([C@@H]2CCC[C@H](CC(O)c3ccc(OC4CCCCO4)cc3)O2)cc1. The van der Waals surface area contributed by atoms with Crippen molar-refractivity contribution < 1.29 is 24.1 Å². The monoisotopic (exact) mass is 412 g/mol. The van der Waals surface area contributed by atoms with Crippen LogP contribution in [-0.2, 0) is 9.47 Å². The molecule has 0 spiro atoms. The van der Waals surface area contributed by atoms with Gasteiger partial charge in [0.15, 0.2) is 6.29 Å². The van der Waals surface area contributed by atoms with Gasteiger partial charge in [0.1, 0.15) is 11.5 Å². The predicted octanol–water partition coefficient (Wildman–Crippen LogP) is 5.33. The molecule has 0 saturated carbocycles. The number of ether oxygens (including phenoxy) is 4. The van der Waals surface area contributed by atoms with Crippen molar-refractivity contribution in [3.05, 3.63) is 59.7 Å². The smallest absolute Gasteiger partial charge is 0.199 e. The molecule has 0 bridgehead atoms. The molecule has 5 nitrogen and oxygen atoms in total. The highest BCUT2D eigenvalue weighted by Crippen LogP contribution is 2.35. The maximum atomic E-state index is 10.7. The van der Waals surface area contributed by atoms with Crippen LogP contribution in [-0.4, -0.2) is 31.2 Å². The summed E-state index contributed by atoms with van der Waals surface area (Å²) >= 11 is 0. The Hall–Kier alpha value is -2.08. The van der Waals surface area contributed by atoms with Crippen LogP contribution in [0.2, 0.25) is 0 Å². The zero-order valence-electron chi connectivity index (χ0n) is 17.7. The highest BCUT2D eigenvalue weighted by Gasteiger charge is 2.26. The average Bonchev–Trinajstić information content (AvgIpc) is 2.80. The molecule has 4 rings (SSSR count). The second kappa shape index (κ2) is 10.3. The van der Waals surface area contributed by atoms with Crippen LogP contribution in [0.5, 0.6) is 11.5 Å². The quantitative estimate of drug-likeness (QED) is 0.666. The Balaban J connectivity index is 1.30. The first-order valence-corrected chi connectivity index (χ1v) is 11.1. The lowest BCUT2D eigenvalue weighted by molar-refractivity contribution is -0.105. The summed E-state index contributed by atoms with van der Waals surface area (Å²) < 4.78 is 23.1. The fraction of sp³-hybridized carbons (Fsp3) is 0.520. The Morgan fingerprint density at radius 1 is 0.933 bits per heavy atom. The maximum absolute atomic E-state index is 10.7. The molecule has 30 heavy (non-hydrogen) atoms. The number of hydrogen-bond donors (Lipinski definition) is 1. The first-order valence-electron chi connectivity index (χ1n) is 11.1. The topological polar surface area (TPSA) is 57.2 Å². The molecule has 0 aromatic heterocycles. The Labute approximate surface area is 178 Å². The minimum Gasteiger partial charge on any atom is -0.497 e. The molecular weight excluding hydrogens is 380 g/mol. The predicted molar refractivity (Wildman–Crippen MR) is 115 cm³/mol. The van der Waals surface area contributed by atoms with Crippen molar-refractivity contribution >= 4 is 0 Å². The van der Waals surface area contributed by atoms with Crippen molar-refractivity contribution in [3.63, 3.8) is 0 Å². The van der Waals surface area contributed by atoms with Crippen LogP contribution in [0.1, 0.15) is 68.3 Å². The van der Waals surface area contributed by atoms with E-state index in [1.54, 1.807) is 7.11 Å². The third-order valence-corrected chi connectivity index (χ3v) is 5.99. The highest BCUT2D eigenvalue weighted by molar-refractivity contribution is 5.30. The van der Waals surface area contributed by atoms with Gasteiger partial charge in [-0.05, 0) is 67.5 Å². The molecule has 2 aliphatic heterocycles. The van der Waals surface area contributed by atoms with Crippen LogP contribution in [0.3, 0.4) is 0 Å². The zero-order valence-corrected chi connectivity index (χ0v) is 17.7. The van der Waals surface area contributed by atoms with Crippen molar-refractivity contribution in [2.24, 2.45) is 0 Å². The van der Waals surface area contributed by atoms with Crippen molar-refractivity contribution in [1.29, 1.82) is 0 Å². The van der Waals surface area contributed by atoms with E-state index in [9.17, 15) is 5.11 Å². The number of aliphatic hydroxyl groups excluding tert-OH is 1. The van der Waals surface area contributed by atoms with Crippen molar-refractivity contribution in [1.82, 2.24) is 0 Å². The van der Waals surface area contributed by atoms with E-state index >= 15 is 0 Å². The summed E-state index contributed by atoms with van der Waals surface area (Å²) in [5, 5.41) is 10.7. The Kier molecular flexibility index (Phi) is 7.26. The first kappa shape index (κ1) is 21.2. The van der Waals surface area contributed by atoms with Crippen LogP contribution < -0.4 is 9.47 Å². The van der Waals surface area contributed by atoms with Gasteiger partial charge in [0.25, 0.3) is 0 Å². The summed E-state index contributed by atoms with van der Waals surface area (Å²) in [4.78, 5) is 0. The van der Waals surface area contributed by atoms with Gasteiger partial charge in [0.2, 0.25) is 0 Å². The summed E-state index contributed by atoms with van der Waals surface area (Å²) in [5.41, 5.74) is 2.06. The standard InChI is InChI=1S/C25H32O5/c1-27-20-12-10-19(11-13-20)24-6-4-5-22(29-24)17-23(26)18-8-14-21(15-9-18)30-25-7-2-3-16-28-25/h8-15,22-26H,2-7,16-17H2,1H3/t22-,23?,24+,25?/m1/s1. The van der Waals surface area contributed by atoms with Gasteiger partial charge in [-0.2, -0.15) is 0 Å². The fourth-order valence-corrected chi connectivity index (χ4v) is 4.25. The lowest BCUT2D eigenvalue weighted by atomic mass is 9.94. The van der Waals surface area contributed by atoms with Gasteiger partial charge in [-0.1, -0.05) is 24.3 Å². The van der Waals surface area contributed by atoms with E-state index in [1.165, 1.54) is 5.56 Å². The van der Waals surface area contributed by atoms with Gasteiger partial charge < -0.3 is 24.1 Å². The molecule has 2 unspecified atom stereocenters. The minimum atomic E-state index is -0.551. The van der Waals surface area contributed by atoms with Gasteiger partial charge in [-0.15, -0.1) is 0 Å². The molecule has 5 heteroatoms. The Morgan fingerprint density at radius 3 is 2.40 bits per heavy atom. The lowest BCUT2D eigenvalue weighted by Crippen LogP contribution is -2.25. The van der Waals surface area contributed by atoms with Gasteiger partial charge in [-0.3, -0.25) is 0 Å². The van der Waals surface area contributed by atoms with E-state index in [2.05, 4.69) is 12.1 Å². The summed E-state index contributed by atoms with van der Waals surface area (Å²) in [7, 11) is 1.67. The zero-order chi connectivity index (χ0) is 20.8. The van der Waals surface area contributed by atoms with Gasteiger partial charge in [-0.25, -0.2) is 0 Å². The maximum Gasteiger partial charge on any atom is 0.199 e. The van der Waals surface area contributed by atoms with Crippen LogP contribution in [0, 0.1) is 0 Å². The molecule has 0 radical (unpaired) electrons. The molecule has 0 aliphatic carbocycles. The van der Waals surface area contributed by atoms with E-state index in [4.69, 9.17) is 18.9 Å². The first-order chi connectivity index (χ1) is 14.7. The van der Waals surface area contributed by atoms with E-state index in [1.807, 2.05) is 36.4 Å².